The number of benzene rings is 2. The van der Waals surface area contributed by atoms with Gasteiger partial charge in [0.25, 0.3) is 0 Å². The van der Waals surface area contributed by atoms with Crippen molar-refractivity contribution in [1.82, 2.24) is 4.90 Å². The van der Waals surface area contributed by atoms with Crippen molar-refractivity contribution in [3.8, 4) is 0 Å². The highest BCUT2D eigenvalue weighted by molar-refractivity contribution is 7.99. The highest BCUT2D eigenvalue weighted by atomic mass is 32.2. The number of carbonyl (C=O) groups excluding carboxylic acids is 1. The van der Waals surface area contributed by atoms with Crippen molar-refractivity contribution in [2.45, 2.75) is 25.8 Å². The smallest absolute Gasteiger partial charge is 0.335 e. The normalized spacial score (nSPS) is 17.1. The molecule has 1 N–H and O–H groups in total. The van der Waals surface area contributed by atoms with Gasteiger partial charge in [-0.3, -0.25) is 4.79 Å². The van der Waals surface area contributed by atoms with Crippen molar-refractivity contribution in [1.29, 1.82) is 0 Å². The fraction of sp³-hybridized carbons (Fsp3) is 0.333. The lowest BCUT2D eigenvalue weighted by atomic mass is 10.0. The first-order chi connectivity index (χ1) is 12.5. The highest BCUT2D eigenvalue weighted by Gasteiger charge is 2.27. The molecule has 4 nitrogen and oxygen atoms in total. The summed E-state index contributed by atoms with van der Waals surface area (Å²) in [5.74, 6) is 1.14. The number of aromatic carboxylic acids is 1. The van der Waals surface area contributed by atoms with Gasteiger partial charge in [0.15, 0.2) is 0 Å². The van der Waals surface area contributed by atoms with E-state index < -0.39 is 5.97 Å². The standard InChI is InChI=1S/C21H23NO3S/c1-15-2-7-17(8-3-15)19-14-26-13-12-22(19)20(23)11-6-16-4-9-18(10-5-16)21(24)25/h2-5,7-10,19H,6,11-14H2,1H3,(H,24,25). The summed E-state index contributed by atoms with van der Waals surface area (Å²) in [4.78, 5) is 25.7. The van der Waals surface area contributed by atoms with Crippen LogP contribution in [0.1, 0.15) is 39.5 Å². The third-order valence-corrected chi connectivity index (χ3v) is 5.76. The Morgan fingerprint density at radius 3 is 2.46 bits per heavy atom. The molecule has 1 unspecified atom stereocenters. The maximum atomic E-state index is 12.8. The monoisotopic (exact) mass is 369 g/mol. The van der Waals surface area contributed by atoms with Gasteiger partial charge in [0.1, 0.15) is 0 Å². The van der Waals surface area contributed by atoms with Gasteiger partial charge in [-0.2, -0.15) is 11.8 Å². The van der Waals surface area contributed by atoms with E-state index in [2.05, 4.69) is 31.2 Å². The molecule has 1 fully saturated rings. The molecule has 1 aliphatic rings. The lowest BCUT2D eigenvalue weighted by molar-refractivity contribution is -0.133. The number of carboxylic acids is 1. The Kier molecular flexibility index (Phi) is 5.99. The van der Waals surface area contributed by atoms with E-state index in [0.717, 1.165) is 23.6 Å². The zero-order valence-corrected chi connectivity index (χ0v) is 15.7. The number of aryl methyl sites for hydroxylation is 2. The third-order valence-electron chi connectivity index (χ3n) is 4.74. The molecule has 0 bridgehead atoms. The van der Waals surface area contributed by atoms with Crippen LogP contribution in [0.2, 0.25) is 0 Å². The maximum Gasteiger partial charge on any atom is 0.335 e. The summed E-state index contributed by atoms with van der Waals surface area (Å²) in [5.41, 5.74) is 3.68. The fourth-order valence-corrected chi connectivity index (χ4v) is 4.26. The summed E-state index contributed by atoms with van der Waals surface area (Å²) < 4.78 is 0. The van der Waals surface area contributed by atoms with Crippen LogP contribution in [0.5, 0.6) is 0 Å². The van der Waals surface area contributed by atoms with Crippen LogP contribution in [0.15, 0.2) is 48.5 Å². The number of hydrogen-bond donors (Lipinski definition) is 1. The second-order valence-corrected chi connectivity index (χ2v) is 7.74. The molecular weight excluding hydrogens is 346 g/mol. The van der Waals surface area contributed by atoms with Gasteiger partial charge < -0.3 is 10.0 Å². The number of thioether (sulfide) groups is 1. The SMILES string of the molecule is Cc1ccc(C2CSCCN2C(=O)CCc2ccc(C(=O)O)cc2)cc1. The molecule has 0 saturated carbocycles. The van der Waals surface area contributed by atoms with Gasteiger partial charge in [-0.1, -0.05) is 42.0 Å². The van der Waals surface area contributed by atoms with Crippen LogP contribution in [0.3, 0.4) is 0 Å². The number of rotatable bonds is 5. The van der Waals surface area contributed by atoms with E-state index in [1.54, 1.807) is 24.3 Å². The number of carboxylic acid groups (broad SMARTS) is 1. The molecule has 1 saturated heterocycles. The molecule has 1 heterocycles. The Balaban J connectivity index is 1.64. The van der Waals surface area contributed by atoms with Crippen LogP contribution < -0.4 is 0 Å². The largest absolute Gasteiger partial charge is 0.478 e. The zero-order chi connectivity index (χ0) is 18.5. The van der Waals surface area contributed by atoms with Crippen molar-refractivity contribution >= 4 is 23.6 Å². The summed E-state index contributed by atoms with van der Waals surface area (Å²) in [6.07, 6.45) is 1.07. The van der Waals surface area contributed by atoms with E-state index in [4.69, 9.17) is 5.11 Å². The molecule has 136 valence electrons. The number of nitrogens with zero attached hydrogens (tertiary/aromatic N) is 1. The van der Waals surface area contributed by atoms with Crippen molar-refractivity contribution in [2.75, 3.05) is 18.1 Å². The molecular formula is C21H23NO3S. The summed E-state index contributed by atoms with van der Waals surface area (Å²) in [7, 11) is 0. The first kappa shape index (κ1) is 18.5. The van der Waals surface area contributed by atoms with Gasteiger partial charge in [0, 0.05) is 24.5 Å². The fourth-order valence-electron chi connectivity index (χ4n) is 3.18. The molecule has 3 rings (SSSR count). The minimum Gasteiger partial charge on any atom is -0.478 e. The molecule has 26 heavy (non-hydrogen) atoms. The topological polar surface area (TPSA) is 57.6 Å². The third kappa shape index (κ3) is 4.47. The lowest BCUT2D eigenvalue weighted by Gasteiger charge is -2.36. The van der Waals surface area contributed by atoms with E-state index in [1.165, 1.54) is 11.1 Å². The maximum absolute atomic E-state index is 12.8. The first-order valence-electron chi connectivity index (χ1n) is 8.80. The van der Waals surface area contributed by atoms with Crippen LogP contribution in [0.25, 0.3) is 0 Å². The summed E-state index contributed by atoms with van der Waals surface area (Å²) >= 11 is 1.89. The van der Waals surface area contributed by atoms with Gasteiger partial charge in [-0.05, 0) is 36.6 Å². The highest BCUT2D eigenvalue weighted by Crippen LogP contribution is 2.30. The van der Waals surface area contributed by atoms with Crippen molar-refractivity contribution < 1.29 is 14.7 Å². The molecule has 0 radical (unpaired) electrons. The average molecular weight is 369 g/mol. The van der Waals surface area contributed by atoms with Gasteiger partial charge >= 0.3 is 5.97 Å². The quantitative estimate of drug-likeness (QED) is 0.867. The van der Waals surface area contributed by atoms with Crippen molar-refractivity contribution in [2.24, 2.45) is 0 Å². The molecule has 0 aliphatic carbocycles. The number of hydrogen-bond acceptors (Lipinski definition) is 3. The Labute approximate surface area is 158 Å². The van der Waals surface area contributed by atoms with Crippen LogP contribution >= 0.6 is 11.8 Å². The van der Waals surface area contributed by atoms with E-state index in [1.807, 2.05) is 16.7 Å². The number of amides is 1. The molecule has 1 aliphatic heterocycles. The van der Waals surface area contributed by atoms with Crippen LogP contribution in [0, 0.1) is 6.92 Å². The minimum atomic E-state index is -0.931. The van der Waals surface area contributed by atoms with E-state index in [-0.39, 0.29) is 17.5 Å². The molecule has 0 spiro atoms. The predicted molar refractivity (Wildman–Crippen MR) is 105 cm³/mol. The van der Waals surface area contributed by atoms with Crippen LogP contribution in [0.4, 0.5) is 0 Å². The molecule has 1 atom stereocenters. The molecule has 1 amide bonds. The second kappa shape index (κ2) is 8.41. The Hall–Kier alpha value is -2.27. The van der Waals surface area contributed by atoms with E-state index in [9.17, 15) is 9.59 Å². The average Bonchev–Trinajstić information content (AvgIpc) is 2.67. The van der Waals surface area contributed by atoms with Crippen LogP contribution in [-0.2, 0) is 11.2 Å². The summed E-state index contributed by atoms with van der Waals surface area (Å²) in [6.45, 7) is 2.85. The van der Waals surface area contributed by atoms with Crippen molar-refractivity contribution in [3.05, 3.63) is 70.8 Å². The Morgan fingerprint density at radius 2 is 1.81 bits per heavy atom. The number of carbonyl (C=O) groups is 2. The van der Waals surface area contributed by atoms with Gasteiger partial charge in [-0.15, -0.1) is 0 Å². The first-order valence-corrected chi connectivity index (χ1v) is 9.96. The molecule has 2 aromatic carbocycles. The van der Waals surface area contributed by atoms with E-state index >= 15 is 0 Å². The van der Waals surface area contributed by atoms with Gasteiger partial charge in [-0.25, -0.2) is 4.79 Å². The molecule has 2 aromatic rings. The van der Waals surface area contributed by atoms with Gasteiger partial charge in [0.05, 0.1) is 11.6 Å². The zero-order valence-electron chi connectivity index (χ0n) is 14.9. The summed E-state index contributed by atoms with van der Waals surface area (Å²) in [5, 5.41) is 8.96. The predicted octanol–water partition coefficient (Wildman–Crippen LogP) is 3.94. The molecule has 0 aromatic heterocycles. The van der Waals surface area contributed by atoms with Crippen molar-refractivity contribution in [3.63, 3.8) is 0 Å². The Morgan fingerprint density at radius 1 is 1.12 bits per heavy atom. The molecule has 5 heteroatoms. The lowest BCUT2D eigenvalue weighted by Crippen LogP contribution is -2.40. The second-order valence-electron chi connectivity index (χ2n) is 6.59. The van der Waals surface area contributed by atoms with Crippen LogP contribution in [-0.4, -0.2) is 39.9 Å². The minimum absolute atomic E-state index is 0.135. The summed E-state index contributed by atoms with van der Waals surface area (Å²) in [6, 6.07) is 15.3. The van der Waals surface area contributed by atoms with Gasteiger partial charge in [0.2, 0.25) is 5.91 Å². The van der Waals surface area contributed by atoms with E-state index in [0.29, 0.717) is 12.8 Å². The Bertz CT molecular complexity index is 771.